The summed E-state index contributed by atoms with van der Waals surface area (Å²) < 4.78 is 2.17. The van der Waals surface area contributed by atoms with Gasteiger partial charge in [0.15, 0.2) is 0 Å². The number of hydrogen-bond acceptors (Lipinski definition) is 1. The van der Waals surface area contributed by atoms with E-state index in [-0.39, 0.29) is 6.42 Å². The van der Waals surface area contributed by atoms with Gasteiger partial charge in [-0.05, 0) is 24.5 Å². The second kappa shape index (κ2) is 5.54. The average Bonchev–Trinajstić information content (AvgIpc) is 2.72. The normalized spacial score (nSPS) is 10.7. The predicted molar refractivity (Wildman–Crippen MR) is 72.7 cm³/mol. The van der Waals surface area contributed by atoms with Gasteiger partial charge in [-0.1, -0.05) is 24.3 Å². The van der Waals surface area contributed by atoms with E-state index in [9.17, 15) is 4.79 Å². The van der Waals surface area contributed by atoms with Crippen molar-refractivity contribution < 1.29 is 9.90 Å². The smallest absolute Gasteiger partial charge is 0.303 e. The van der Waals surface area contributed by atoms with Crippen molar-refractivity contribution in [2.75, 3.05) is 0 Å². The Morgan fingerprint density at radius 2 is 2.17 bits per heavy atom. The van der Waals surface area contributed by atoms with Crippen LogP contribution in [0, 0.1) is 0 Å². The number of rotatable bonds is 6. The molecule has 2 aromatic rings. The van der Waals surface area contributed by atoms with E-state index in [1.54, 1.807) is 0 Å². The number of aromatic nitrogens is 1. The van der Waals surface area contributed by atoms with Gasteiger partial charge in [0.05, 0.1) is 0 Å². The Morgan fingerprint density at radius 3 is 2.89 bits per heavy atom. The minimum atomic E-state index is -0.752. The van der Waals surface area contributed by atoms with Crippen LogP contribution in [0.15, 0.2) is 43.1 Å². The molecule has 3 heteroatoms. The van der Waals surface area contributed by atoms with Crippen molar-refractivity contribution in [3.05, 3.63) is 48.7 Å². The van der Waals surface area contributed by atoms with Crippen LogP contribution in [0.25, 0.3) is 10.9 Å². The molecule has 0 fully saturated rings. The van der Waals surface area contributed by atoms with Crippen LogP contribution >= 0.6 is 0 Å². The highest BCUT2D eigenvalue weighted by molar-refractivity contribution is 5.84. The quantitative estimate of drug-likeness (QED) is 0.791. The molecule has 1 heterocycles. The Balaban J connectivity index is 2.34. The molecule has 18 heavy (non-hydrogen) atoms. The van der Waals surface area contributed by atoms with Crippen molar-refractivity contribution in [1.82, 2.24) is 4.57 Å². The summed E-state index contributed by atoms with van der Waals surface area (Å²) in [5.74, 6) is -0.752. The van der Waals surface area contributed by atoms with Gasteiger partial charge in [-0.3, -0.25) is 4.79 Å². The largest absolute Gasteiger partial charge is 0.481 e. The number of fused-ring (bicyclic) bond motifs is 1. The van der Waals surface area contributed by atoms with Crippen molar-refractivity contribution >= 4 is 16.9 Å². The zero-order valence-corrected chi connectivity index (χ0v) is 10.3. The second-order valence-electron chi connectivity index (χ2n) is 4.34. The van der Waals surface area contributed by atoms with Gasteiger partial charge in [0, 0.05) is 30.1 Å². The fraction of sp³-hybridized carbons (Fsp3) is 0.267. The summed E-state index contributed by atoms with van der Waals surface area (Å²) in [4.78, 5) is 10.7. The third-order valence-corrected chi connectivity index (χ3v) is 3.05. The predicted octanol–water partition coefficient (Wildman–Crippen LogP) is 3.23. The maximum Gasteiger partial charge on any atom is 0.303 e. The van der Waals surface area contributed by atoms with E-state index in [1.807, 2.05) is 18.2 Å². The number of carboxylic acids is 1. The molecule has 2 rings (SSSR count). The lowest BCUT2D eigenvalue weighted by Crippen LogP contribution is -1.97. The number of para-hydroxylation sites is 1. The van der Waals surface area contributed by atoms with Gasteiger partial charge in [0.2, 0.25) is 0 Å². The van der Waals surface area contributed by atoms with Crippen LogP contribution < -0.4 is 0 Å². The fourth-order valence-corrected chi connectivity index (χ4v) is 2.18. The second-order valence-corrected chi connectivity index (χ2v) is 4.34. The number of hydrogen-bond donors (Lipinski definition) is 1. The molecule has 1 N–H and O–H groups in total. The molecule has 0 aliphatic rings. The van der Waals surface area contributed by atoms with Gasteiger partial charge in [0.1, 0.15) is 0 Å². The number of nitrogens with zero attached hydrogens (tertiary/aromatic N) is 1. The Labute approximate surface area is 106 Å². The van der Waals surface area contributed by atoms with Crippen molar-refractivity contribution in [3.8, 4) is 0 Å². The molecule has 3 nitrogen and oxygen atoms in total. The number of carboxylic acid groups (broad SMARTS) is 1. The third kappa shape index (κ3) is 2.62. The molecule has 0 unspecified atom stereocenters. The molecule has 0 amide bonds. The van der Waals surface area contributed by atoms with Crippen molar-refractivity contribution in [2.45, 2.75) is 25.8 Å². The highest BCUT2D eigenvalue weighted by Crippen LogP contribution is 2.22. The summed E-state index contributed by atoms with van der Waals surface area (Å²) in [7, 11) is 0. The summed E-state index contributed by atoms with van der Waals surface area (Å²) >= 11 is 0. The van der Waals surface area contributed by atoms with Crippen molar-refractivity contribution in [2.24, 2.45) is 0 Å². The van der Waals surface area contributed by atoms with E-state index < -0.39 is 5.97 Å². The Morgan fingerprint density at radius 1 is 1.39 bits per heavy atom. The molecule has 0 atom stereocenters. The number of aliphatic carboxylic acids is 1. The first kappa shape index (κ1) is 12.4. The standard InChI is InChI=1S/C15H17NO2/c1-2-3-10-16-11-12(8-9-15(17)18)13-6-4-5-7-14(13)16/h2,4-7,11H,1,3,8-10H2,(H,17,18). The first-order chi connectivity index (χ1) is 8.72. The average molecular weight is 243 g/mol. The van der Waals surface area contributed by atoms with Crippen LogP contribution in [0.5, 0.6) is 0 Å². The Kier molecular flexibility index (Phi) is 3.82. The molecule has 0 saturated carbocycles. The number of carbonyl (C=O) groups is 1. The SMILES string of the molecule is C=CCCn1cc(CCC(=O)O)c2ccccc21. The van der Waals surface area contributed by atoms with Gasteiger partial charge in [-0.15, -0.1) is 6.58 Å². The summed E-state index contributed by atoms with van der Waals surface area (Å²) in [6, 6.07) is 8.12. The van der Waals surface area contributed by atoms with Crippen LogP contribution in [0.2, 0.25) is 0 Å². The lowest BCUT2D eigenvalue weighted by molar-refractivity contribution is -0.136. The van der Waals surface area contributed by atoms with Crippen LogP contribution in [0.1, 0.15) is 18.4 Å². The van der Waals surface area contributed by atoms with Crippen LogP contribution in [-0.2, 0) is 17.8 Å². The summed E-state index contributed by atoms with van der Waals surface area (Å²) in [5, 5.41) is 9.93. The van der Waals surface area contributed by atoms with Gasteiger partial charge < -0.3 is 9.67 Å². The van der Waals surface area contributed by atoms with Crippen molar-refractivity contribution in [1.29, 1.82) is 0 Å². The topological polar surface area (TPSA) is 42.2 Å². The minimum Gasteiger partial charge on any atom is -0.481 e. The minimum absolute atomic E-state index is 0.176. The molecule has 0 radical (unpaired) electrons. The highest BCUT2D eigenvalue weighted by Gasteiger charge is 2.08. The van der Waals surface area contributed by atoms with E-state index in [0.717, 1.165) is 23.9 Å². The van der Waals surface area contributed by atoms with Gasteiger partial charge >= 0.3 is 5.97 Å². The Hall–Kier alpha value is -2.03. The zero-order chi connectivity index (χ0) is 13.0. The summed E-state index contributed by atoms with van der Waals surface area (Å²) in [6.07, 6.45) is 5.63. The van der Waals surface area contributed by atoms with Crippen LogP contribution in [0.4, 0.5) is 0 Å². The summed E-state index contributed by atoms with van der Waals surface area (Å²) in [5.41, 5.74) is 2.27. The third-order valence-electron chi connectivity index (χ3n) is 3.05. The molecule has 0 saturated heterocycles. The van der Waals surface area contributed by atoms with E-state index in [0.29, 0.717) is 6.42 Å². The lowest BCUT2D eigenvalue weighted by atomic mass is 10.1. The zero-order valence-electron chi connectivity index (χ0n) is 10.3. The van der Waals surface area contributed by atoms with Crippen LogP contribution in [0.3, 0.4) is 0 Å². The molecule has 94 valence electrons. The highest BCUT2D eigenvalue weighted by atomic mass is 16.4. The molecular formula is C15H17NO2. The van der Waals surface area contributed by atoms with E-state index in [4.69, 9.17) is 5.11 Å². The van der Waals surface area contributed by atoms with E-state index >= 15 is 0 Å². The van der Waals surface area contributed by atoms with Crippen molar-refractivity contribution in [3.63, 3.8) is 0 Å². The first-order valence-corrected chi connectivity index (χ1v) is 6.12. The maximum absolute atomic E-state index is 10.7. The molecule has 1 aromatic carbocycles. The van der Waals surface area contributed by atoms with Gasteiger partial charge in [-0.25, -0.2) is 0 Å². The van der Waals surface area contributed by atoms with Gasteiger partial charge in [0.25, 0.3) is 0 Å². The lowest BCUT2D eigenvalue weighted by Gasteiger charge is -2.01. The number of benzene rings is 1. The monoisotopic (exact) mass is 243 g/mol. The number of allylic oxidation sites excluding steroid dienone is 1. The van der Waals surface area contributed by atoms with E-state index in [2.05, 4.69) is 29.5 Å². The van der Waals surface area contributed by atoms with E-state index in [1.165, 1.54) is 5.52 Å². The molecule has 0 aliphatic carbocycles. The molecule has 0 spiro atoms. The summed E-state index contributed by atoms with van der Waals surface area (Å²) in [6.45, 7) is 4.62. The van der Waals surface area contributed by atoms with Gasteiger partial charge in [-0.2, -0.15) is 0 Å². The molecule has 1 aromatic heterocycles. The molecular weight excluding hydrogens is 226 g/mol. The Bertz CT molecular complexity index is 569. The molecule has 0 aliphatic heterocycles. The molecule has 0 bridgehead atoms. The first-order valence-electron chi connectivity index (χ1n) is 6.12. The van der Waals surface area contributed by atoms with Crippen LogP contribution in [-0.4, -0.2) is 15.6 Å². The number of aryl methyl sites for hydroxylation is 2. The maximum atomic E-state index is 10.7. The fourth-order valence-electron chi connectivity index (χ4n) is 2.18.